The van der Waals surface area contributed by atoms with E-state index in [2.05, 4.69) is 31.3 Å². The molecule has 0 bridgehead atoms. The molecule has 3 unspecified atom stereocenters. The molecular weight excluding hydrogens is 238 g/mol. The van der Waals surface area contributed by atoms with E-state index in [-0.39, 0.29) is 18.7 Å². The molecule has 0 aliphatic carbocycles. The molecule has 0 spiro atoms. The molecule has 0 saturated heterocycles. The number of hydrogen-bond donors (Lipinski definition) is 3. The zero-order valence-corrected chi connectivity index (χ0v) is 12.4. The smallest absolute Gasteiger partial charge is 0.0940 e. The lowest BCUT2D eigenvalue weighted by Crippen LogP contribution is -2.41. The summed E-state index contributed by atoms with van der Waals surface area (Å²) in [4.78, 5) is 0. The van der Waals surface area contributed by atoms with Gasteiger partial charge in [0.2, 0.25) is 0 Å². The monoisotopic (exact) mass is 265 g/mol. The van der Waals surface area contributed by atoms with Gasteiger partial charge in [-0.25, -0.2) is 0 Å². The van der Waals surface area contributed by atoms with Crippen LogP contribution in [0.4, 0.5) is 0 Å². The fraction of sp³-hybridized carbons (Fsp3) is 0.625. The molecule has 0 saturated carbocycles. The third-order valence-corrected chi connectivity index (χ3v) is 3.63. The number of aliphatic hydroxyl groups excluding tert-OH is 2. The lowest BCUT2D eigenvalue weighted by atomic mass is 9.97. The average molecular weight is 265 g/mol. The minimum atomic E-state index is -0.554. The molecule has 0 aliphatic rings. The number of benzene rings is 1. The van der Waals surface area contributed by atoms with Gasteiger partial charge in [-0.3, -0.25) is 0 Å². The SMILES string of the molecule is CCC(CO)NC(C)C(O)c1ccc(C(C)C)cc1. The first kappa shape index (κ1) is 16.2. The molecule has 19 heavy (non-hydrogen) atoms. The maximum Gasteiger partial charge on any atom is 0.0940 e. The molecular formula is C16H27NO2. The molecule has 1 aromatic rings. The van der Waals surface area contributed by atoms with Crippen molar-refractivity contribution in [2.75, 3.05) is 6.61 Å². The normalized spacial score (nSPS) is 16.4. The fourth-order valence-electron chi connectivity index (χ4n) is 2.13. The number of hydrogen-bond acceptors (Lipinski definition) is 3. The molecule has 0 fully saturated rings. The molecule has 108 valence electrons. The van der Waals surface area contributed by atoms with Crippen LogP contribution in [-0.4, -0.2) is 28.9 Å². The molecule has 1 aromatic carbocycles. The van der Waals surface area contributed by atoms with E-state index in [0.29, 0.717) is 5.92 Å². The zero-order valence-electron chi connectivity index (χ0n) is 12.4. The Labute approximate surface area is 116 Å². The summed E-state index contributed by atoms with van der Waals surface area (Å²) in [5.41, 5.74) is 2.19. The molecule has 0 aliphatic heterocycles. The lowest BCUT2D eigenvalue weighted by molar-refractivity contribution is 0.118. The van der Waals surface area contributed by atoms with Crippen molar-refractivity contribution in [1.29, 1.82) is 0 Å². The highest BCUT2D eigenvalue weighted by molar-refractivity contribution is 5.26. The predicted molar refractivity (Wildman–Crippen MR) is 79.3 cm³/mol. The van der Waals surface area contributed by atoms with Gasteiger partial charge in [-0.05, 0) is 30.4 Å². The first-order valence-corrected chi connectivity index (χ1v) is 7.14. The minimum Gasteiger partial charge on any atom is -0.395 e. The molecule has 0 heterocycles. The Bertz CT molecular complexity index is 358. The number of nitrogens with one attached hydrogen (secondary N) is 1. The van der Waals surface area contributed by atoms with E-state index in [4.69, 9.17) is 0 Å². The highest BCUT2D eigenvalue weighted by Gasteiger charge is 2.18. The number of rotatable bonds is 7. The van der Waals surface area contributed by atoms with Crippen molar-refractivity contribution in [3.63, 3.8) is 0 Å². The van der Waals surface area contributed by atoms with Crippen LogP contribution in [0, 0.1) is 0 Å². The van der Waals surface area contributed by atoms with Gasteiger partial charge in [-0.15, -0.1) is 0 Å². The van der Waals surface area contributed by atoms with Crippen molar-refractivity contribution in [2.45, 2.75) is 58.2 Å². The largest absolute Gasteiger partial charge is 0.395 e. The molecule has 3 N–H and O–H groups in total. The summed E-state index contributed by atoms with van der Waals surface area (Å²) < 4.78 is 0. The molecule has 3 atom stereocenters. The lowest BCUT2D eigenvalue weighted by Gasteiger charge is -2.25. The second-order valence-corrected chi connectivity index (χ2v) is 5.51. The van der Waals surface area contributed by atoms with Crippen LogP contribution in [0.3, 0.4) is 0 Å². The molecule has 0 radical (unpaired) electrons. The third-order valence-electron chi connectivity index (χ3n) is 3.63. The second kappa shape index (κ2) is 7.63. The van der Waals surface area contributed by atoms with Crippen molar-refractivity contribution in [2.24, 2.45) is 0 Å². The van der Waals surface area contributed by atoms with Crippen LogP contribution < -0.4 is 5.32 Å². The summed E-state index contributed by atoms with van der Waals surface area (Å²) in [7, 11) is 0. The topological polar surface area (TPSA) is 52.5 Å². The zero-order chi connectivity index (χ0) is 14.4. The van der Waals surface area contributed by atoms with Crippen molar-refractivity contribution in [1.82, 2.24) is 5.32 Å². The number of aliphatic hydroxyl groups is 2. The Hall–Kier alpha value is -0.900. The maximum absolute atomic E-state index is 10.3. The van der Waals surface area contributed by atoms with Crippen LogP contribution in [0.15, 0.2) is 24.3 Å². The van der Waals surface area contributed by atoms with E-state index in [0.717, 1.165) is 12.0 Å². The van der Waals surface area contributed by atoms with Gasteiger partial charge in [0.15, 0.2) is 0 Å². The van der Waals surface area contributed by atoms with Crippen molar-refractivity contribution in [3.8, 4) is 0 Å². The fourth-order valence-corrected chi connectivity index (χ4v) is 2.13. The summed E-state index contributed by atoms with van der Waals surface area (Å²) in [5.74, 6) is 0.501. The Balaban J connectivity index is 2.68. The highest BCUT2D eigenvalue weighted by Crippen LogP contribution is 2.21. The first-order chi connectivity index (χ1) is 8.99. The summed E-state index contributed by atoms with van der Waals surface area (Å²) in [5, 5.41) is 22.7. The van der Waals surface area contributed by atoms with Crippen LogP contribution in [-0.2, 0) is 0 Å². The molecule has 1 rings (SSSR count). The van der Waals surface area contributed by atoms with Gasteiger partial charge in [0.1, 0.15) is 0 Å². The summed E-state index contributed by atoms with van der Waals surface area (Å²) in [6.45, 7) is 8.37. The summed E-state index contributed by atoms with van der Waals surface area (Å²) >= 11 is 0. The quantitative estimate of drug-likeness (QED) is 0.710. The second-order valence-electron chi connectivity index (χ2n) is 5.51. The van der Waals surface area contributed by atoms with Crippen molar-refractivity contribution < 1.29 is 10.2 Å². The Morgan fingerprint density at radius 2 is 1.58 bits per heavy atom. The van der Waals surface area contributed by atoms with Gasteiger partial charge >= 0.3 is 0 Å². The van der Waals surface area contributed by atoms with E-state index in [9.17, 15) is 10.2 Å². The summed E-state index contributed by atoms with van der Waals surface area (Å²) in [6.07, 6.45) is 0.293. The maximum atomic E-state index is 10.3. The van der Waals surface area contributed by atoms with E-state index in [1.165, 1.54) is 5.56 Å². The van der Waals surface area contributed by atoms with Crippen LogP contribution >= 0.6 is 0 Å². The Kier molecular flexibility index (Phi) is 6.49. The minimum absolute atomic E-state index is 0.0413. The van der Waals surface area contributed by atoms with Gasteiger partial charge in [-0.1, -0.05) is 45.0 Å². The predicted octanol–water partition coefficient (Wildman–Crippen LogP) is 2.59. The third kappa shape index (κ3) is 4.60. The van der Waals surface area contributed by atoms with Crippen LogP contribution in [0.25, 0.3) is 0 Å². The molecule has 0 amide bonds. The standard InChI is InChI=1S/C16H27NO2/c1-5-15(10-18)17-12(4)16(19)14-8-6-13(7-9-14)11(2)3/h6-9,11-12,15-19H,5,10H2,1-4H3. The molecule has 3 heteroatoms. The van der Waals surface area contributed by atoms with Gasteiger partial charge in [0.25, 0.3) is 0 Å². The van der Waals surface area contributed by atoms with Gasteiger partial charge in [0, 0.05) is 12.1 Å². The van der Waals surface area contributed by atoms with Gasteiger partial charge < -0.3 is 15.5 Å². The van der Waals surface area contributed by atoms with Crippen LogP contribution in [0.1, 0.15) is 57.3 Å². The van der Waals surface area contributed by atoms with Crippen molar-refractivity contribution >= 4 is 0 Å². The van der Waals surface area contributed by atoms with Gasteiger partial charge in [0.05, 0.1) is 12.7 Å². The first-order valence-electron chi connectivity index (χ1n) is 7.14. The molecule has 3 nitrogen and oxygen atoms in total. The van der Waals surface area contributed by atoms with E-state index in [1.54, 1.807) is 0 Å². The summed E-state index contributed by atoms with van der Waals surface area (Å²) in [6, 6.07) is 8.07. The Morgan fingerprint density at radius 1 is 1.05 bits per heavy atom. The highest BCUT2D eigenvalue weighted by atomic mass is 16.3. The van der Waals surface area contributed by atoms with Crippen LogP contribution in [0.2, 0.25) is 0 Å². The molecule has 0 aromatic heterocycles. The Morgan fingerprint density at radius 3 is 2.00 bits per heavy atom. The average Bonchev–Trinajstić information content (AvgIpc) is 2.43. The van der Waals surface area contributed by atoms with E-state index < -0.39 is 6.10 Å². The van der Waals surface area contributed by atoms with E-state index in [1.807, 2.05) is 26.0 Å². The van der Waals surface area contributed by atoms with E-state index >= 15 is 0 Å². The van der Waals surface area contributed by atoms with Crippen LogP contribution in [0.5, 0.6) is 0 Å². The van der Waals surface area contributed by atoms with Crippen molar-refractivity contribution in [3.05, 3.63) is 35.4 Å². The van der Waals surface area contributed by atoms with Gasteiger partial charge in [-0.2, -0.15) is 0 Å².